The Labute approximate surface area is 192 Å². The summed E-state index contributed by atoms with van der Waals surface area (Å²) >= 11 is 0. The van der Waals surface area contributed by atoms with E-state index in [4.69, 9.17) is 14.8 Å². The minimum Gasteiger partial charge on any atom is -0.491 e. The summed E-state index contributed by atoms with van der Waals surface area (Å²) in [4.78, 5) is 36.8. The maximum Gasteiger partial charge on any atom is 0.265 e. The van der Waals surface area contributed by atoms with Crippen molar-refractivity contribution >= 4 is 28.6 Å². The van der Waals surface area contributed by atoms with Crippen LogP contribution < -0.4 is 15.6 Å². The highest BCUT2D eigenvalue weighted by molar-refractivity contribution is 5.96. The molecular formula is C24H29N5O4. The molecule has 0 saturated heterocycles. The van der Waals surface area contributed by atoms with Crippen LogP contribution in [0.25, 0.3) is 11.0 Å². The Bertz CT molecular complexity index is 1210. The predicted octanol–water partition coefficient (Wildman–Crippen LogP) is 2.90. The van der Waals surface area contributed by atoms with Gasteiger partial charge in [0.05, 0.1) is 6.61 Å². The van der Waals surface area contributed by atoms with E-state index in [1.165, 1.54) is 4.90 Å². The van der Waals surface area contributed by atoms with Crippen LogP contribution in [0.1, 0.15) is 43.0 Å². The molecule has 1 fully saturated rings. The van der Waals surface area contributed by atoms with Gasteiger partial charge in [0.2, 0.25) is 5.95 Å². The number of rotatable bonds is 8. The van der Waals surface area contributed by atoms with E-state index in [0.717, 1.165) is 31.4 Å². The Morgan fingerprint density at radius 3 is 2.58 bits per heavy atom. The number of benzene rings is 1. The second-order valence-electron chi connectivity index (χ2n) is 8.52. The molecule has 1 aromatic carbocycles. The average molecular weight is 452 g/mol. The molecule has 1 saturated carbocycles. The molecule has 0 unspecified atom stereocenters. The number of anilines is 2. The molecule has 1 aliphatic rings. The summed E-state index contributed by atoms with van der Waals surface area (Å²) in [5, 5.41) is 12.7. The van der Waals surface area contributed by atoms with Crippen LogP contribution in [0, 0.1) is 0 Å². The van der Waals surface area contributed by atoms with E-state index in [0.29, 0.717) is 22.7 Å². The second kappa shape index (κ2) is 9.19. The Hall–Kier alpha value is -3.46. The number of carbonyl (C=O) groups is 1. The van der Waals surface area contributed by atoms with Gasteiger partial charge in [-0.05, 0) is 56.0 Å². The van der Waals surface area contributed by atoms with Gasteiger partial charge < -0.3 is 20.1 Å². The number of aliphatic hydroxyl groups excluding tert-OH is 1. The highest BCUT2D eigenvalue weighted by atomic mass is 16.5. The summed E-state index contributed by atoms with van der Waals surface area (Å²) in [6.45, 7) is 2.25. The van der Waals surface area contributed by atoms with Crippen LogP contribution >= 0.6 is 0 Å². The maximum absolute atomic E-state index is 13.5. The molecule has 4 rings (SSSR count). The largest absolute Gasteiger partial charge is 0.491 e. The van der Waals surface area contributed by atoms with Crippen molar-refractivity contribution in [2.24, 2.45) is 0 Å². The zero-order chi connectivity index (χ0) is 23.6. The predicted molar refractivity (Wildman–Crippen MR) is 126 cm³/mol. The standard InChI is InChI=1S/C24H29N5O4/c1-4-24(10-5-11-24)29-20-16(14-19(22(29)32)21(31)28(2)3)15-25-23(27-20)26-17-6-8-18(9-7-17)33-13-12-30/h6-9,14-15,30H,4-5,10-13H2,1-3H3,(H,25,26,27). The number of hydrogen-bond donors (Lipinski definition) is 2. The van der Waals surface area contributed by atoms with Crippen molar-refractivity contribution in [1.82, 2.24) is 19.4 Å². The zero-order valence-corrected chi connectivity index (χ0v) is 19.2. The van der Waals surface area contributed by atoms with E-state index < -0.39 is 0 Å². The van der Waals surface area contributed by atoms with Gasteiger partial charge >= 0.3 is 0 Å². The molecule has 9 nitrogen and oxygen atoms in total. The van der Waals surface area contributed by atoms with Crippen molar-refractivity contribution in [3.63, 3.8) is 0 Å². The van der Waals surface area contributed by atoms with Crippen molar-refractivity contribution in [2.75, 3.05) is 32.6 Å². The monoisotopic (exact) mass is 451 g/mol. The molecule has 0 spiro atoms. The number of fused-ring (bicyclic) bond motifs is 1. The first-order chi connectivity index (χ1) is 15.9. The number of aliphatic hydroxyl groups is 1. The summed E-state index contributed by atoms with van der Waals surface area (Å²) in [6.07, 6.45) is 5.21. The molecule has 1 amide bonds. The van der Waals surface area contributed by atoms with Gasteiger partial charge in [-0.1, -0.05) is 6.92 Å². The fourth-order valence-electron chi connectivity index (χ4n) is 4.24. The van der Waals surface area contributed by atoms with E-state index in [-0.39, 0.29) is 35.8 Å². The molecule has 0 radical (unpaired) electrons. The first kappa shape index (κ1) is 22.7. The van der Waals surface area contributed by atoms with Gasteiger partial charge in [-0.25, -0.2) is 4.98 Å². The minimum atomic E-state index is -0.338. The van der Waals surface area contributed by atoms with E-state index in [9.17, 15) is 9.59 Å². The van der Waals surface area contributed by atoms with E-state index >= 15 is 0 Å². The minimum absolute atomic E-state index is 0.0479. The fraction of sp³-hybridized carbons (Fsp3) is 0.417. The summed E-state index contributed by atoms with van der Waals surface area (Å²) in [7, 11) is 3.28. The van der Waals surface area contributed by atoms with Crippen molar-refractivity contribution in [3.8, 4) is 5.75 Å². The number of nitrogens with zero attached hydrogens (tertiary/aromatic N) is 4. The fourth-order valence-corrected chi connectivity index (χ4v) is 4.24. The second-order valence-corrected chi connectivity index (χ2v) is 8.52. The third-order valence-electron chi connectivity index (χ3n) is 6.26. The van der Waals surface area contributed by atoms with Crippen LogP contribution in [0.15, 0.2) is 41.3 Å². The molecule has 9 heteroatoms. The Morgan fingerprint density at radius 2 is 2.00 bits per heavy atom. The molecule has 174 valence electrons. The smallest absolute Gasteiger partial charge is 0.265 e. The van der Waals surface area contributed by atoms with E-state index in [1.54, 1.807) is 43.1 Å². The molecule has 0 aliphatic heterocycles. The van der Waals surface area contributed by atoms with Crippen molar-refractivity contribution in [1.29, 1.82) is 0 Å². The van der Waals surface area contributed by atoms with Crippen molar-refractivity contribution < 1.29 is 14.6 Å². The highest BCUT2D eigenvalue weighted by Crippen LogP contribution is 2.42. The third kappa shape index (κ3) is 4.28. The summed E-state index contributed by atoms with van der Waals surface area (Å²) in [5.74, 6) is 0.680. The topological polar surface area (TPSA) is 110 Å². The van der Waals surface area contributed by atoms with Crippen LogP contribution in [0.3, 0.4) is 0 Å². The van der Waals surface area contributed by atoms with Gasteiger partial charge in [-0.15, -0.1) is 0 Å². The number of hydrogen-bond acceptors (Lipinski definition) is 7. The lowest BCUT2D eigenvalue weighted by Crippen LogP contribution is -2.48. The van der Waals surface area contributed by atoms with Gasteiger partial charge in [0.1, 0.15) is 23.6 Å². The normalized spacial score (nSPS) is 14.5. The lowest BCUT2D eigenvalue weighted by atomic mass is 9.74. The molecule has 1 aliphatic carbocycles. The van der Waals surface area contributed by atoms with E-state index in [1.807, 2.05) is 12.1 Å². The lowest BCUT2D eigenvalue weighted by Gasteiger charge is -2.43. The third-order valence-corrected chi connectivity index (χ3v) is 6.26. The zero-order valence-electron chi connectivity index (χ0n) is 19.2. The average Bonchev–Trinajstić information content (AvgIpc) is 2.79. The molecule has 2 heterocycles. The molecule has 2 N–H and O–H groups in total. The lowest BCUT2D eigenvalue weighted by molar-refractivity contribution is 0.0821. The number of nitrogens with one attached hydrogen (secondary N) is 1. The molecule has 33 heavy (non-hydrogen) atoms. The van der Waals surface area contributed by atoms with Crippen LogP contribution in [0.2, 0.25) is 0 Å². The molecule has 2 aromatic heterocycles. The van der Waals surface area contributed by atoms with E-state index in [2.05, 4.69) is 17.2 Å². The van der Waals surface area contributed by atoms with Crippen LogP contribution in [-0.4, -0.2) is 57.8 Å². The Morgan fingerprint density at radius 1 is 1.27 bits per heavy atom. The Kier molecular flexibility index (Phi) is 6.33. The number of pyridine rings is 1. The van der Waals surface area contributed by atoms with Crippen molar-refractivity contribution in [3.05, 3.63) is 52.4 Å². The molecule has 3 aromatic rings. The van der Waals surface area contributed by atoms with Crippen LogP contribution in [-0.2, 0) is 5.54 Å². The molecule has 0 bridgehead atoms. The number of amides is 1. The van der Waals surface area contributed by atoms with Crippen molar-refractivity contribution in [2.45, 2.75) is 38.1 Å². The van der Waals surface area contributed by atoms with Gasteiger partial charge in [-0.2, -0.15) is 4.98 Å². The van der Waals surface area contributed by atoms with Gasteiger partial charge in [0.25, 0.3) is 11.5 Å². The maximum atomic E-state index is 13.5. The van der Waals surface area contributed by atoms with Gasteiger partial charge in [-0.3, -0.25) is 14.2 Å². The first-order valence-corrected chi connectivity index (χ1v) is 11.1. The van der Waals surface area contributed by atoms with Crippen LogP contribution in [0.5, 0.6) is 5.75 Å². The SMILES string of the molecule is CCC1(n2c(=O)c(C(=O)N(C)C)cc3cnc(Nc4ccc(OCCO)cc4)nc32)CCC1. The summed E-state index contributed by atoms with van der Waals surface area (Å²) in [5.41, 5.74) is 0.771. The highest BCUT2D eigenvalue weighted by Gasteiger charge is 2.40. The quantitative estimate of drug-likeness (QED) is 0.542. The van der Waals surface area contributed by atoms with Crippen LogP contribution in [0.4, 0.5) is 11.6 Å². The van der Waals surface area contributed by atoms with Gasteiger partial charge in [0.15, 0.2) is 0 Å². The first-order valence-electron chi connectivity index (χ1n) is 11.1. The molecular weight excluding hydrogens is 422 g/mol. The summed E-state index contributed by atoms with van der Waals surface area (Å²) in [6, 6.07) is 8.82. The molecule has 0 atom stereocenters. The summed E-state index contributed by atoms with van der Waals surface area (Å²) < 4.78 is 7.11. The Balaban J connectivity index is 1.77. The number of aromatic nitrogens is 3. The number of carbonyl (C=O) groups excluding carboxylic acids is 1. The number of ether oxygens (including phenoxy) is 1. The van der Waals surface area contributed by atoms with Gasteiger partial charge in [0, 0.05) is 36.9 Å².